The first-order chi connectivity index (χ1) is 19.1. The van der Waals surface area contributed by atoms with Gasteiger partial charge in [-0.1, -0.05) is 12.1 Å². The third-order valence-corrected chi connectivity index (χ3v) is 8.06. The minimum Gasteiger partial charge on any atom is -0.508 e. The highest BCUT2D eigenvalue weighted by Crippen LogP contribution is 2.40. The van der Waals surface area contributed by atoms with Crippen molar-refractivity contribution in [2.24, 2.45) is 0 Å². The highest BCUT2D eigenvalue weighted by Gasteiger charge is 2.54. The summed E-state index contributed by atoms with van der Waals surface area (Å²) < 4.78 is 5.34. The van der Waals surface area contributed by atoms with E-state index in [2.05, 4.69) is 10.6 Å². The summed E-state index contributed by atoms with van der Waals surface area (Å²) in [6.07, 6.45) is 0. The largest absolute Gasteiger partial charge is 0.508 e. The van der Waals surface area contributed by atoms with Gasteiger partial charge in [-0.25, -0.2) is 9.59 Å². The quantitative estimate of drug-likeness (QED) is 0.223. The van der Waals surface area contributed by atoms with Gasteiger partial charge in [0.05, 0.1) is 6.61 Å². The van der Waals surface area contributed by atoms with Gasteiger partial charge in [-0.2, -0.15) is 0 Å². The van der Waals surface area contributed by atoms with Crippen LogP contribution in [0.3, 0.4) is 0 Å². The van der Waals surface area contributed by atoms with Gasteiger partial charge >= 0.3 is 23.8 Å². The Hall–Kier alpha value is -4.11. The number of thioether (sulfide) groups is 1. The summed E-state index contributed by atoms with van der Waals surface area (Å²) in [5.41, 5.74) is 0.510. The van der Waals surface area contributed by atoms with E-state index >= 15 is 0 Å². The zero-order chi connectivity index (χ0) is 29.1. The van der Waals surface area contributed by atoms with E-state index in [1.54, 1.807) is 13.8 Å². The second kappa shape index (κ2) is 12.0. The van der Waals surface area contributed by atoms with Crippen molar-refractivity contribution in [2.75, 3.05) is 38.6 Å². The van der Waals surface area contributed by atoms with Gasteiger partial charge in [-0.15, -0.1) is 11.8 Å². The van der Waals surface area contributed by atoms with Crippen LogP contribution in [0.4, 0.5) is 4.79 Å². The highest BCUT2D eigenvalue weighted by atomic mass is 32.2. The number of fused-ring (bicyclic) bond motifs is 1. The summed E-state index contributed by atoms with van der Waals surface area (Å²) in [6.45, 7) is 4.27. The summed E-state index contributed by atoms with van der Waals surface area (Å²) in [7, 11) is 0. The van der Waals surface area contributed by atoms with Crippen LogP contribution in [0.15, 0.2) is 35.5 Å². The topological polar surface area (TPSA) is 186 Å². The lowest BCUT2D eigenvalue weighted by molar-refractivity contribution is -0.153. The Morgan fingerprint density at radius 2 is 1.80 bits per heavy atom. The van der Waals surface area contributed by atoms with Crippen molar-refractivity contribution < 1.29 is 43.7 Å². The van der Waals surface area contributed by atoms with Crippen molar-refractivity contribution in [1.29, 1.82) is 0 Å². The molecule has 4 N–H and O–H groups in total. The number of urea groups is 1. The maximum Gasteiger partial charge on any atom is 0.352 e. The summed E-state index contributed by atoms with van der Waals surface area (Å²) >= 11 is 1.27. The maximum absolute atomic E-state index is 13.4. The van der Waals surface area contributed by atoms with E-state index < -0.39 is 53.1 Å². The number of aliphatic carboxylic acids is 1. The lowest BCUT2D eigenvalue weighted by atomic mass is 10.0. The summed E-state index contributed by atoms with van der Waals surface area (Å²) in [4.78, 5) is 79.3. The molecule has 15 heteroatoms. The number of imide groups is 1. The number of hydrogen-bond donors (Lipinski definition) is 4. The monoisotopic (exact) mass is 575 g/mol. The Bertz CT molecular complexity index is 1270. The van der Waals surface area contributed by atoms with E-state index in [0.717, 1.165) is 4.90 Å². The SMILES string of the molecule is CCOCC1=C(C(=O)O)N2C(=O)[C@@H](NC(=O)[C@H](NC(=O)N3CCN(CC)C(=O)C3=O)c3ccc(O)cc3)[C@H]2SC1. The molecule has 4 rings (SSSR count). The van der Waals surface area contributed by atoms with Crippen LogP contribution in [0, 0.1) is 0 Å². The van der Waals surface area contributed by atoms with Gasteiger partial charge in [0.1, 0.15) is 28.9 Å². The molecule has 0 unspecified atom stereocenters. The molecule has 0 aromatic heterocycles. The molecule has 1 aromatic rings. The van der Waals surface area contributed by atoms with Crippen LogP contribution in [0.25, 0.3) is 0 Å². The Morgan fingerprint density at radius 3 is 2.42 bits per heavy atom. The predicted molar refractivity (Wildman–Crippen MR) is 140 cm³/mol. The summed E-state index contributed by atoms with van der Waals surface area (Å²) in [5, 5.41) is 23.8. The molecule has 0 saturated carbocycles. The second-order valence-corrected chi connectivity index (χ2v) is 10.2. The molecule has 3 aliphatic rings. The standard InChI is InChI=1S/C25H29N5O9S/c1-3-28-9-10-29(22(35)21(28)34)25(38)27-16(13-5-7-15(31)8-6-13)19(32)26-17-20(33)30-18(24(36)37)14(11-39-4-2)12-40-23(17)30/h5-8,16-17,23,31H,3-4,9-12H2,1-2H3,(H,26,32)(H,27,38)(H,36,37)/t16-,17-,23-/m1/s1. The number of rotatable bonds is 9. The van der Waals surface area contributed by atoms with Crippen molar-refractivity contribution in [3.05, 3.63) is 41.1 Å². The number of carbonyl (C=O) groups is 6. The molecule has 0 spiro atoms. The van der Waals surface area contributed by atoms with Gasteiger partial charge in [0.2, 0.25) is 5.91 Å². The molecule has 0 bridgehead atoms. The molecule has 3 heterocycles. The molecule has 40 heavy (non-hydrogen) atoms. The minimum absolute atomic E-state index is 0.0569. The first kappa shape index (κ1) is 28.9. The highest BCUT2D eigenvalue weighted by molar-refractivity contribution is 8.00. The summed E-state index contributed by atoms with van der Waals surface area (Å²) in [5.74, 6) is -4.40. The fraction of sp³-hybridized carbons (Fsp3) is 0.440. The van der Waals surface area contributed by atoms with E-state index in [-0.39, 0.29) is 42.5 Å². The van der Waals surface area contributed by atoms with Gasteiger partial charge < -0.3 is 30.5 Å². The van der Waals surface area contributed by atoms with Gasteiger partial charge in [0, 0.05) is 32.0 Å². The zero-order valence-corrected chi connectivity index (χ0v) is 22.6. The lowest BCUT2D eigenvalue weighted by Gasteiger charge is -2.49. The predicted octanol–water partition coefficient (Wildman–Crippen LogP) is -0.391. The third-order valence-electron chi connectivity index (χ3n) is 6.72. The average Bonchev–Trinajstić information content (AvgIpc) is 2.94. The van der Waals surface area contributed by atoms with E-state index in [0.29, 0.717) is 23.6 Å². The molecule has 2 fully saturated rings. The van der Waals surface area contributed by atoms with Crippen molar-refractivity contribution in [3.63, 3.8) is 0 Å². The number of piperazine rings is 1. The number of hydrogen-bond acceptors (Lipinski definition) is 9. The molecule has 0 aliphatic carbocycles. The molecular weight excluding hydrogens is 546 g/mol. The Labute approximate surface area is 233 Å². The molecule has 1 aromatic carbocycles. The van der Waals surface area contributed by atoms with Crippen LogP contribution in [0.1, 0.15) is 25.5 Å². The smallest absolute Gasteiger partial charge is 0.352 e. The van der Waals surface area contributed by atoms with Crippen LogP contribution in [0.2, 0.25) is 0 Å². The van der Waals surface area contributed by atoms with Crippen LogP contribution in [-0.4, -0.2) is 111 Å². The number of nitrogens with zero attached hydrogens (tertiary/aromatic N) is 3. The van der Waals surface area contributed by atoms with Crippen LogP contribution >= 0.6 is 11.8 Å². The molecule has 2 saturated heterocycles. The normalized spacial score (nSPS) is 21.6. The first-order valence-electron chi connectivity index (χ1n) is 12.6. The molecule has 3 atom stereocenters. The van der Waals surface area contributed by atoms with Crippen molar-refractivity contribution in [1.82, 2.24) is 25.3 Å². The van der Waals surface area contributed by atoms with Crippen molar-refractivity contribution >= 4 is 47.4 Å². The number of ether oxygens (including phenoxy) is 1. The van der Waals surface area contributed by atoms with Crippen LogP contribution in [0.5, 0.6) is 5.75 Å². The van der Waals surface area contributed by atoms with Crippen molar-refractivity contribution in [3.8, 4) is 5.75 Å². The number of carboxylic acid groups (broad SMARTS) is 1. The molecule has 6 amide bonds. The number of amides is 6. The Morgan fingerprint density at radius 1 is 1.10 bits per heavy atom. The second-order valence-electron chi connectivity index (χ2n) is 9.11. The van der Waals surface area contributed by atoms with E-state index in [1.807, 2.05) is 0 Å². The maximum atomic E-state index is 13.4. The summed E-state index contributed by atoms with van der Waals surface area (Å²) in [6, 6.07) is 1.91. The van der Waals surface area contributed by atoms with E-state index in [4.69, 9.17) is 4.74 Å². The molecule has 3 aliphatic heterocycles. The number of aromatic hydroxyl groups is 1. The third kappa shape index (κ3) is 5.47. The van der Waals surface area contributed by atoms with Gasteiger partial charge in [-0.05, 0) is 37.1 Å². The van der Waals surface area contributed by atoms with Gasteiger partial charge in [0.15, 0.2) is 0 Å². The molecular formula is C25H29N5O9S. The fourth-order valence-electron chi connectivity index (χ4n) is 4.59. The van der Waals surface area contributed by atoms with Gasteiger partial charge in [-0.3, -0.25) is 29.0 Å². The number of β-lactam (4-membered cyclic amide) rings is 1. The number of nitrogens with one attached hydrogen (secondary N) is 2. The van der Waals surface area contributed by atoms with Crippen molar-refractivity contribution in [2.45, 2.75) is 31.3 Å². The first-order valence-corrected chi connectivity index (χ1v) is 13.6. The Kier molecular flexibility index (Phi) is 8.64. The Balaban J connectivity index is 1.52. The lowest BCUT2D eigenvalue weighted by Crippen LogP contribution is -2.71. The number of phenolic OH excluding ortho intramolecular Hbond substituents is 1. The van der Waals surface area contributed by atoms with Gasteiger partial charge in [0.25, 0.3) is 5.91 Å². The number of benzene rings is 1. The number of carbonyl (C=O) groups excluding carboxylic acids is 5. The molecule has 14 nitrogen and oxygen atoms in total. The van der Waals surface area contributed by atoms with E-state index in [9.17, 15) is 39.0 Å². The van der Waals surface area contributed by atoms with Crippen LogP contribution in [-0.2, 0) is 28.7 Å². The fourth-order valence-corrected chi connectivity index (χ4v) is 5.92. The minimum atomic E-state index is -1.40. The average molecular weight is 576 g/mol. The zero-order valence-electron chi connectivity index (χ0n) is 21.8. The van der Waals surface area contributed by atoms with Crippen LogP contribution < -0.4 is 10.6 Å². The molecule has 214 valence electrons. The number of phenols is 1. The number of carboxylic acids is 1. The number of likely N-dealkylation sites (N-methyl/N-ethyl adjacent to an activating group) is 1. The molecule has 0 radical (unpaired) electrons. The van der Waals surface area contributed by atoms with E-state index in [1.165, 1.54) is 40.9 Å².